The molecule has 66 valence electrons. The number of nitrogens with zero attached hydrogens (tertiary/aromatic N) is 1. The maximum atomic E-state index is 4.05. The van der Waals surface area contributed by atoms with Crippen LogP contribution in [0.2, 0.25) is 0 Å². The Bertz CT molecular complexity index is 448. The molecule has 0 aliphatic carbocycles. The smallest absolute Gasteiger partial charge is 0.0646 e. The topological polar surface area (TPSA) is 28.7 Å². The highest BCUT2D eigenvalue weighted by molar-refractivity contribution is 5.88. The van der Waals surface area contributed by atoms with Gasteiger partial charge in [-0.05, 0) is 25.5 Å². The summed E-state index contributed by atoms with van der Waals surface area (Å²) in [5, 5.41) is 1.23. The van der Waals surface area contributed by atoms with Gasteiger partial charge >= 0.3 is 0 Å². The van der Waals surface area contributed by atoms with Crippen LogP contribution >= 0.6 is 0 Å². The first-order valence-corrected chi connectivity index (χ1v) is 4.33. The predicted octanol–water partition coefficient (Wildman–Crippen LogP) is 2.99. The van der Waals surface area contributed by atoms with E-state index in [2.05, 4.69) is 29.9 Å². The van der Waals surface area contributed by atoms with Crippen LogP contribution in [0.4, 0.5) is 0 Å². The van der Waals surface area contributed by atoms with Gasteiger partial charge in [0.1, 0.15) is 0 Å². The van der Waals surface area contributed by atoms with Gasteiger partial charge in [-0.25, -0.2) is 0 Å². The van der Waals surface area contributed by atoms with Crippen molar-refractivity contribution >= 4 is 17.0 Å². The van der Waals surface area contributed by atoms with Crippen LogP contribution in [0, 0.1) is 0 Å². The minimum Gasteiger partial charge on any atom is -0.359 e. The third-order valence-corrected chi connectivity index (χ3v) is 1.96. The Morgan fingerprint density at radius 3 is 3.08 bits per heavy atom. The minimum absolute atomic E-state index is 1.09. The molecule has 1 N–H and O–H groups in total. The Balaban J connectivity index is 2.65. The van der Waals surface area contributed by atoms with E-state index in [1.54, 1.807) is 0 Å². The van der Waals surface area contributed by atoms with Crippen molar-refractivity contribution in [1.82, 2.24) is 9.97 Å². The molecule has 0 amide bonds. The average Bonchev–Trinajstić information content (AvgIpc) is 2.48. The van der Waals surface area contributed by atoms with E-state index in [4.69, 9.17) is 0 Å². The summed E-state index contributed by atoms with van der Waals surface area (Å²) in [5.74, 6) is 0. The Kier molecular flexibility index (Phi) is 1.89. The first kappa shape index (κ1) is 8.05. The molecule has 0 aliphatic rings. The van der Waals surface area contributed by atoms with Crippen molar-refractivity contribution < 1.29 is 0 Å². The molecule has 0 saturated heterocycles. The van der Waals surface area contributed by atoms with Crippen molar-refractivity contribution in [3.8, 4) is 0 Å². The molecule has 0 aromatic carbocycles. The number of hydrogen-bond acceptors (Lipinski definition) is 1. The number of allylic oxidation sites excluding steroid dienone is 1. The summed E-state index contributed by atoms with van der Waals surface area (Å²) in [6, 6.07) is 2.03. The summed E-state index contributed by atoms with van der Waals surface area (Å²) < 4.78 is 0. The first-order chi connectivity index (χ1) is 6.27. The maximum absolute atomic E-state index is 4.05. The van der Waals surface area contributed by atoms with E-state index in [1.807, 2.05) is 24.7 Å². The van der Waals surface area contributed by atoms with Gasteiger partial charge in [0.2, 0.25) is 0 Å². The van der Waals surface area contributed by atoms with Crippen molar-refractivity contribution in [2.24, 2.45) is 0 Å². The molecule has 0 saturated carbocycles. The largest absolute Gasteiger partial charge is 0.359 e. The van der Waals surface area contributed by atoms with Gasteiger partial charge in [-0.2, -0.15) is 0 Å². The van der Waals surface area contributed by atoms with Gasteiger partial charge in [-0.3, -0.25) is 4.98 Å². The molecule has 0 aliphatic heterocycles. The minimum atomic E-state index is 1.09. The Morgan fingerprint density at radius 2 is 2.31 bits per heavy atom. The van der Waals surface area contributed by atoms with E-state index in [-0.39, 0.29) is 0 Å². The van der Waals surface area contributed by atoms with Gasteiger partial charge in [-0.15, -0.1) is 0 Å². The van der Waals surface area contributed by atoms with E-state index in [1.165, 1.54) is 16.5 Å². The van der Waals surface area contributed by atoms with Gasteiger partial charge in [-0.1, -0.05) is 11.6 Å². The molecule has 2 aromatic heterocycles. The molecule has 13 heavy (non-hydrogen) atoms. The van der Waals surface area contributed by atoms with Crippen molar-refractivity contribution in [3.63, 3.8) is 0 Å². The zero-order valence-corrected chi connectivity index (χ0v) is 7.83. The normalized spacial score (nSPS) is 10.3. The average molecular weight is 172 g/mol. The lowest BCUT2D eigenvalue weighted by Crippen LogP contribution is -1.72. The highest BCUT2D eigenvalue weighted by Crippen LogP contribution is 2.18. The lowest BCUT2D eigenvalue weighted by atomic mass is 10.1. The predicted molar refractivity (Wildman–Crippen MR) is 55.4 cm³/mol. The van der Waals surface area contributed by atoms with Crippen molar-refractivity contribution in [2.45, 2.75) is 13.8 Å². The second-order valence-corrected chi connectivity index (χ2v) is 3.39. The van der Waals surface area contributed by atoms with Gasteiger partial charge < -0.3 is 4.98 Å². The highest BCUT2D eigenvalue weighted by Gasteiger charge is 1.98. The summed E-state index contributed by atoms with van der Waals surface area (Å²) in [6.07, 6.45) is 7.84. The molecule has 2 heteroatoms. The molecular formula is C11H12N2. The SMILES string of the molecule is CC(C)=Cc1c[nH]c2cnccc12. The summed E-state index contributed by atoms with van der Waals surface area (Å²) in [6.45, 7) is 4.19. The monoisotopic (exact) mass is 172 g/mol. The quantitative estimate of drug-likeness (QED) is 0.703. The van der Waals surface area contributed by atoms with Crippen LogP contribution in [0.1, 0.15) is 19.4 Å². The van der Waals surface area contributed by atoms with E-state index < -0.39 is 0 Å². The number of pyridine rings is 1. The molecule has 0 fully saturated rings. The lowest BCUT2D eigenvalue weighted by molar-refractivity contribution is 1.34. The molecule has 2 rings (SSSR count). The molecule has 0 unspecified atom stereocenters. The number of nitrogens with one attached hydrogen (secondary N) is 1. The zero-order valence-electron chi connectivity index (χ0n) is 7.83. The van der Waals surface area contributed by atoms with Crippen molar-refractivity contribution in [2.75, 3.05) is 0 Å². The van der Waals surface area contributed by atoms with Crippen LogP contribution in [0.3, 0.4) is 0 Å². The number of fused-ring (bicyclic) bond motifs is 1. The Morgan fingerprint density at radius 1 is 1.46 bits per heavy atom. The van der Waals surface area contributed by atoms with Crippen LogP contribution in [-0.4, -0.2) is 9.97 Å². The third kappa shape index (κ3) is 1.47. The second-order valence-electron chi connectivity index (χ2n) is 3.39. The van der Waals surface area contributed by atoms with E-state index >= 15 is 0 Å². The van der Waals surface area contributed by atoms with E-state index in [0.717, 1.165) is 5.52 Å². The van der Waals surface area contributed by atoms with Gasteiger partial charge in [0.05, 0.1) is 11.7 Å². The van der Waals surface area contributed by atoms with Crippen molar-refractivity contribution in [3.05, 3.63) is 35.8 Å². The van der Waals surface area contributed by atoms with E-state index in [0.29, 0.717) is 0 Å². The molecule has 2 heterocycles. The number of aromatic amines is 1. The van der Waals surface area contributed by atoms with Crippen LogP contribution < -0.4 is 0 Å². The summed E-state index contributed by atoms with van der Waals surface area (Å²) in [5.41, 5.74) is 3.63. The number of rotatable bonds is 1. The molecule has 2 nitrogen and oxygen atoms in total. The van der Waals surface area contributed by atoms with Gasteiger partial charge in [0.15, 0.2) is 0 Å². The lowest BCUT2D eigenvalue weighted by Gasteiger charge is -1.91. The fraction of sp³-hybridized carbons (Fsp3) is 0.182. The van der Waals surface area contributed by atoms with Gasteiger partial charge in [0, 0.05) is 17.8 Å². The molecule has 0 atom stereocenters. The van der Waals surface area contributed by atoms with Gasteiger partial charge in [0.25, 0.3) is 0 Å². The van der Waals surface area contributed by atoms with Crippen LogP contribution in [-0.2, 0) is 0 Å². The molecule has 2 aromatic rings. The molecule has 0 radical (unpaired) electrons. The molecular weight excluding hydrogens is 160 g/mol. The van der Waals surface area contributed by atoms with E-state index in [9.17, 15) is 0 Å². The zero-order chi connectivity index (χ0) is 9.26. The number of H-pyrrole nitrogens is 1. The Hall–Kier alpha value is -1.57. The maximum Gasteiger partial charge on any atom is 0.0646 e. The summed E-state index contributed by atoms with van der Waals surface area (Å²) in [4.78, 5) is 7.24. The van der Waals surface area contributed by atoms with Crippen LogP contribution in [0.25, 0.3) is 17.0 Å². The number of hydrogen-bond donors (Lipinski definition) is 1. The fourth-order valence-corrected chi connectivity index (χ4v) is 1.42. The molecule has 0 bridgehead atoms. The van der Waals surface area contributed by atoms with Crippen LogP contribution in [0.5, 0.6) is 0 Å². The second kappa shape index (κ2) is 3.05. The number of aromatic nitrogens is 2. The molecule has 0 spiro atoms. The fourth-order valence-electron chi connectivity index (χ4n) is 1.42. The highest BCUT2D eigenvalue weighted by atomic mass is 14.7. The van der Waals surface area contributed by atoms with Crippen molar-refractivity contribution in [1.29, 1.82) is 0 Å². The summed E-state index contributed by atoms with van der Waals surface area (Å²) in [7, 11) is 0. The third-order valence-electron chi connectivity index (χ3n) is 1.96. The van der Waals surface area contributed by atoms with Crippen LogP contribution in [0.15, 0.2) is 30.2 Å². The summed E-state index contributed by atoms with van der Waals surface area (Å²) >= 11 is 0. The standard InChI is InChI=1S/C11H12N2/c1-8(2)5-9-6-13-11-7-12-4-3-10(9)11/h3-7,13H,1-2H3. The first-order valence-electron chi connectivity index (χ1n) is 4.33. The Labute approximate surface area is 77.3 Å².